The van der Waals surface area contributed by atoms with Crippen LogP contribution in [0.25, 0.3) is 0 Å². The molecule has 2 aromatic rings. The van der Waals surface area contributed by atoms with Crippen molar-refractivity contribution in [1.82, 2.24) is 4.98 Å². The number of nitriles is 1. The number of anilines is 2. The fourth-order valence-electron chi connectivity index (χ4n) is 1.70. The van der Waals surface area contributed by atoms with E-state index in [0.29, 0.717) is 12.4 Å². The minimum Gasteiger partial charge on any atom is -0.494 e. The van der Waals surface area contributed by atoms with E-state index in [0.717, 1.165) is 11.4 Å². The van der Waals surface area contributed by atoms with Crippen LogP contribution >= 0.6 is 0 Å². The number of nitro groups is 1. The second kappa shape index (κ2) is 6.34. The fourth-order valence-corrected chi connectivity index (χ4v) is 1.70. The summed E-state index contributed by atoms with van der Waals surface area (Å²) in [5.41, 5.74) is 0.203. The summed E-state index contributed by atoms with van der Waals surface area (Å²) in [6, 6.07) is 11.6. The minimum atomic E-state index is -0.633. The van der Waals surface area contributed by atoms with E-state index in [2.05, 4.69) is 10.3 Å². The third kappa shape index (κ3) is 3.45. The minimum absolute atomic E-state index is 0.226. The Bertz CT molecular complexity index is 692. The average Bonchev–Trinajstić information content (AvgIpc) is 2.49. The lowest BCUT2D eigenvalue weighted by Gasteiger charge is -2.07. The number of rotatable bonds is 5. The molecular formula is C14H12N4O3. The normalized spacial score (nSPS) is 9.71. The van der Waals surface area contributed by atoms with Crippen LogP contribution in [0.1, 0.15) is 12.6 Å². The summed E-state index contributed by atoms with van der Waals surface area (Å²) in [5, 5.41) is 22.6. The van der Waals surface area contributed by atoms with Gasteiger partial charge in [0.15, 0.2) is 0 Å². The Morgan fingerprint density at radius 2 is 2.05 bits per heavy atom. The van der Waals surface area contributed by atoms with Crippen molar-refractivity contribution in [2.24, 2.45) is 0 Å². The molecule has 1 N–H and O–H groups in total. The molecule has 0 unspecified atom stereocenters. The molecular weight excluding hydrogens is 272 g/mol. The van der Waals surface area contributed by atoms with Crippen LogP contribution in [0.5, 0.6) is 5.75 Å². The quantitative estimate of drug-likeness (QED) is 0.669. The van der Waals surface area contributed by atoms with Gasteiger partial charge >= 0.3 is 5.69 Å². The van der Waals surface area contributed by atoms with Crippen LogP contribution in [0.2, 0.25) is 0 Å². The molecule has 0 aliphatic rings. The lowest BCUT2D eigenvalue weighted by Crippen LogP contribution is -1.99. The Hall–Kier alpha value is -3.14. The first kappa shape index (κ1) is 14.3. The van der Waals surface area contributed by atoms with E-state index in [1.807, 2.05) is 6.92 Å². The van der Waals surface area contributed by atoms with Gasteiger partial charge in [-0.3, -0.25) is 10.1 Å². The Morgan fingerprint density at radius 3 is 2.62 bits per heavy atom. The van der Waals surface area contributed by atoms with Crippen LogP contribution in [-0.4, -0.2) is 16.5 Å². The lowest BCUT2D eigenvalue weighted by atomic mass is 10.3. The molecule has 0 saturated carbocycles. The van der Waals surface area contributed by atoms with Gasteiger partial charge in [-0.1, -0.05) is 0 Å². The summed E-state index contributed by atoms with van der Waals surface area (Å²) < 4.78 is 5.33. The van der Waals surface area contributed by atoms with Crippen molar-refractivity contribution in [1.29, 1.82) is 5.26 Å². The topological polar surface area (TPSA) is 101 Å². The van der Waals surface area contributed by atoms with Crippen LogP contribution in [0.4, 0.5) is 17.2 Å². The smallest absolute Gasteiger partial charge is 0.305 e. The standard InChI is InChI=1S/C14H12N4O3/c1-2-21-11-5-3-10(4-6-11)16-14-8-7-13(18(19)20)12(9-15)17-14/h3-8H,2H2,1H3,(H,16,17). The molecule has 0 saturated heterocycles. The highest BCUT2D eigenvalue weighted by atomic mass is 16.6. The number of benzene rings is 1. The zero-order chi connectivity index (χ0) is 15.2. The monoisotopic (exact) mass is 284 g/mol. The largest absolute Gasteiger partial charge is 0.494 e. The summed E-state index contributed by atoms with van der Waals surface area (Å²) in [7, 11) is 0. The van der Waals surface area contributed by atoms with Gasteiger partial charge in [0.25, 0.3) is 0 Å². The highest BCUT2D eigenvalue weighted by molar-refractivity contribution is 5.60. The first-order valence-electron chi connectivity index (χ1n) is 6.19. The highest BCUT2D eigenvalue weighted by Crippen LogP contribution is 2.22. The summed E-state index contributed by atoms with van der Waals surface area (Å²) in [6.45, 7) is 2.48. The van der Waals surface area contributed by atoms with Crippen molar-refractivity contribution in [2.75, 3.05) is 11.9 Å². The van der Waals surface area contributed by atoms with Crippen molar-refractivity contribution in [3.8, 4) is 11.8 Å². The van der Waals surface area contributed by atoms with Crippen LogP contribution in [-0.2, 0) is 0 Å². The number of ether oxygens (including phenoxy) is 1. The Balaban J connectivity index is 2.20. The maximum Gasteiger partial charge on any atom is 0.305 e. The van der Waals surface area contributed by atoms with Gasteiger partial charge in [-0.15, -0.1) is 0 Å². The Labute approximate surface area is 121 Å². The van der Waals surface area contributed by atoms with E-state index in [4.69, 9.17) is 10.00 Å². The summed E-state index contributed by atoms with van der Waals surface area (Å²) in [4.78, 5) is 14.0. The Morgan fingerprint density at radius 1 is 1.33 bits per heavy atom. The van der Waals surface area contributed by atoms with Gasteiger partial charge in [-0.2, -0.15) is 5.26 Å². The van der Waals surface area contributed by atoms with Gasteiger partial charge in [0.2, 0.25) is 5.69 Å². The van der Waals surface area contributed by atoms with Gasteiger partial charge in [0, 0.05) is 11.8 Å². The molecule has 1 aromatic carbocycles. The number of hydrogen-bond donors (Lipinski definition) is 1. The van der Waals surface area contributed by atoms with E-state index in [1.54, 1.807) is 30.3 Å². The van der Waals surface area contributed by atoms with Crippen LogP contribution in [0, 0.1) is 21.4 Å². The first-order valence-corrected chi connectivity index (χ1v) is 6.19. The molecule has 0 atom stereocenters. The van der Waals surface area contributed by atoms with Gasteiger partial charge < -0.3 is 10.1 Å². The molecule has 0 fully saturated rings. The maximum absolute atomic E-state index is 10.7. The molecule has 106 valence electrons. The first-order chi connectivity index (χ1) is 10.1. The number of pyridine rings is 1. The molecule has 7 heteroatoms. The molecule has 21 heavy (non-hydrogen) atoms. The van der Waals surface area contributed by atoms with Gasteiger partial charge in [-0.05, 0) is 37.3 Å². The summed E-state index contributed by atoms with van der Waals surface area (Å²) >= 11 is 0. The van der Waals surface area contributed by atoms with Gasteiger partial charge in [0.05, 0.1) is 11.5 Å². The lowest BCUT2D eigenvalue weighted by molar-refractivity contribution is -0.385. The van der Waals surface area contributed by atoms with Crippen LogP contribution in [0.3, 0.4) is 0 Å². The molecule has 0 radical (unpaired) electrons. The molecule has 7 nitrogen and oxygen atoms in total. The molecule has 2 rings (SSSR count). The van der Waals surface area contributed by atoms with Crippen molar-refractivity contribution in [2.45, 2.75) is 6.92 Å². The predicted octanol–water partition coefficient (Wildman–Crippen LogP) is 3.00. The Kier molecular flexibility index (Phi) is 4.31. The van der Waals surface area contributed by atoms with Crippen molar-refractivity contribution < 1.29 is 9.66 Å². The van der Waals surface area contributed by atoms with Crippen molar-refractivity contribution >= 4 is 17.2 Å². The van der Waals surface area contributed by atoms with E-state index in [-0.39, 0.29) is 11.4 Å². The number of aromatic nitrogens is 1. The predicted molar refractivity (Wildman–Crippen MR) is 76.5 cm³/mol. The van der Waals surface area contributed by atoms with E-state index >= 15 is 0 Å². The molecule has 0 spiro atoms. The third-order valence-electron chi connectivity index (χ3n) is 2.61. The second-order valence-corrected chi connectivity index (χ2v) is 4.02. The maximum atomic E-state index is 10.7. The third-order valence-corrected chi connectivity index (χ3v) is 2.61. The molecule has 1 heterocycles. The second-order valence-electron chi connectivity index (χ2n) is 4.02. The van der Waals surface area contributed by atoms with Gasteiger partial charge in [-0.25, -0.2) is 4.98 Å². The number of nitrogens with zero attached hydrogens (tertiary/aromatic N) is 3. The van der Waals surface area contributed by atoms with Crippen molar-refractivity contribution in [3.63, 3.8) is 0 Å². The molecule has 0 amide bonds. The summed E-state index contributed by atoms with van der Waals surface area (Å²) in [5.74, 6) is 1.11. The molecule has 0 aliphatic carbocycles. The zero-order valence-corrected chi connectivity index (χ0v) is 11.2. The highest BCUT2D eigenvalue weighted by Gasteiger charge is 2.15. The average molecular weight is 284 g/mol. The molecule has 0 bridgehead atoms. The van der Waals surface area contributed by atoms with E-state index in [1.165, 1.54) is 12.1 Å². The van der Waals surface area contributed by atoms with Crippen LogP contribution in [0.15, 0.2) is 36.4 Å². The van der Waals surface area contributed by atoms with E-state index in [9.17, 15) is 10.1 Å². The van der Waals surface area contributed by atoms with Crippen LogP contribution < -0.4 is 10.1 Å². The fraction of sp³-hybridized carbons (Fsp3) is 0.143. The van der Waals surface area contributed by atoms with Gasteiger partial charge in [0.1, 0.15) is 17.6 Å². The summed E-state index contributed by atoms with van der Waals surface area (Å²) in [6.07, 6.45) is 0. The number of hydrogen-bond acceptors (Lipinski definition) is 6. The SMILES string of the molecule is CCOc1ccc(Nc2ccc([N+](=O)[O-])c(C#N)n2)cc1. The molecule has 0 aliphatic heterocycles. The van der Waals surface area contributed by atoms with Crippen molar-refractivity contribution in [3.05, 3.63) is 52.2 Å². The molecule has 1 aromatic heterocycles. The number of nitrogens with one attached hydrogen (secondary N) is 1. The van der Waals surface area contributed by atoms with E-state index < -0.39 is 4.92 Å². The zero-order valence-electron chi connectivity index (χ0n) is 11.2.